The maximum atomic E-state index is 13.2. The standard InChI is InChI=1S/C25H31N5O2.ClH/c1-14-3-10-20(32-12-16-4-5-16)19(11-14)22-24-23(28-13-27-22)21(15(2)29-24)25(31)30-18-8-6-17(26)7-9-18;/h3,10-11,13,16-18,29H,4-9,12,26H2,1-2H3,(H,30,31);1H/t17-,18+;. The van der Waals surface area contributed by atoms with E-state index in [0.717, 1.165) is 66.1 Å². The number of nitrogens with one attached hydrogen (secondary N) is 2. The number of carbonyl (C=O) groups is 1. The highest BCUT2D eigenvalue weighted by Crippen LogP contribution is 2.37. The van der Waals surface area contributed by atoms with Crippen LogP contribution in [0, 0.1) is 19.8 Å². The van der Waals surface area contributed by atoms with Gasteiger partial charge in [-0.25, -0.2) is 9.97 Å². The lowest BCUT2D eigenvalue weighted by Crippen LogP contribution is -2.40. The SMILES string of the molecule is Cc1ccc(OCC2CC2)c(-c2ncnc3c(C(=O)N[C@H]4CC[C@@H](N)CC4)c(C)[nH]c23)c1.Cl. The minimum Gasteiger partial charge on any atom is -0.493 e. The number of aryl methyl sites for hydroxylation is 2. The first-order valence-corrected chi connectivity index (χ1v) is 11.6. The molecule has 0 radical (unpaired) electrons. The summed E-state index contributed by atoms with van der Waals surface area (Å²) < 4.78 is 6.15. The quantitative estimate of drug-likeness (QED) is 0.494. The fraction of sp³-hybridized carbons (Fsp3) is 0.480. The third-order valence-electron chi connectivity index (χ3n) is 6.67. The Morgan fingerprint density at radius 2 is 1.91 bits per heavy atom. The predicted octanol–water partition coefficient (Wildman–Crippen LogP) is 4.45. The number of benzene rings is 1. The van der Waals surface area contributed by atoms with Gasteiger partial charge in [-0.05, 0) is 70.4 Å². The van der Waals surface area contributed by atoms with E-state index in [9.17, 15) is 4.79 Å². The van der Waals surface area contributed by atoms with Crippen LogP contribution in [0.3, 0.4) is 0 Å². The molecule has 4 N–H and O–H groups in total. The Labute approximate surface area is 200 Å². The molecule has 0 atom stereocenters. The fourth-order valence-corrected chi connectivity index (χ4v) is 4.57. The van der Waals surface area contributed by atoms with Crippen molar-refractivity contribution in [2.45, 2.75) is 64.5 Å². The number of aromatic nitrogens is 3. The van der Waals surface area contributed by atoms with Crippen LogP contribution in [0.4, 0.5) is 0 Å². The summed E-state index contributed by atoms with van der Waals surface area (Å²) in [6, 6.07) is 6.56. The van der Waals surface area contributed by atoms with Crippen molar-refractivity contribution in [1.82, 2.24) is 20.3 Å². The number of carbonyl (C=O) groups excluding carboxylic acids is 1. The number of H-pyrrole nitrogens is 1. The molecule has 0 spiro atoms. The monoisotopic (exact) mass is 469 g/mol. The molecule has 1 aromatic carbocycles. The molecule has 2 saturated carbocycles. The van der Waals surface area contributed by atoms with E-state index >= 15 is 0 Å². The first-order chi connectivity index (χ1) is 15.5. The molecule has 33 heavy (non-hydrogen) atoms. The van der Waals surface area contributed by atoms with Crippen molar-refractivity contribution in [2.24, 2.45) is 11.7 Å². The number of hydrogen-bond acceptors (Lipinski definition) is 5. The number of nitrogens with zero attached hydrogens (tertiary/aromatic N) is 2. The molecule has 0 unspecified atom stereocenters. The van der Waals surface area contributed by atoms with Crippen molar-refractivity contribution in [3.8, 4) is 17.0 Å². The van der Waals surface area contributed by atoms with Gasteiger partial charge in [0.15, 0.2) is 0 Å². The summed E-state index contributed by atoms with van der Waals surface area (Å²) in [5, 5.41) is 3.19. The van der Waals surface area contributed by atoms with Gasteiger partial charge < -0.3 is 20.8 Å². The second kappa shape index (κ2) is 9.69. The average Bonchev–Trinajstić information content (AvgIpc) is 3.54. The molecule has 3 aromatic rings. The summed E-state index contributed by atoms with van der Waals surface area (Å²) in [5.74, 6) is 1.39. The Kier molecular flexibility index (Phi) is 6.91. The van der Waals surface area contributed by atoms with Crippen molar-refractivity contribution in [3.63, 3.8) is 0 Å². The van der Waals surface area contributed by atoms with Crippen molar-refractivity contribution < 1.29 is 9.53 Å². The van der Waals surface area contributed by atoms with E-state index in [0.29, 0.717) is 17.0 Å². The van der Waals surface area contributed by atoms with Crippen molar-refractivity contribution in [1.29, 1.82) is 0 Å². The smallest absolute Gasteiger partial charge is 0.255 e. The molecular formula is C25H32ClN5O2. The van der Waals surface area contributed by atoms with E-state index < -0.39 is 0 Å². The molecular weight excluding hydrogens is 438 g/mol. The molecule has 2 fully saturated rings. The van der Waals surface area contributed by atoms with Gasteiger partial charge in [-0.15, -0.1) is 12.4 Å². The second-order valence-electron chi connectivity index (χ2n) is 9.41. The van der Waals surface area contributed by atoms with E-state index in [2.05, 4.69) is 39.3 Å². The normalized spacial score (nSPS) is 20.3. The van der Waals surface area contributed by atoms with E-state index in [1.54, 1.807) is 0 Å². The van der Waals surface area contributed by atoms with Gasteiger partial charge in [0.2, 0.25) is 0 Å². The largest absolute Gasteiger partial charge is 0.493 e. The minimum atomic E-state index is -0.0895. The molecule has 0 aliphatic heterocycles. The van der Waals surface area contributed by atoms with E-state index in [1.165, 1.54) is 19.2 Å². The van der Waals surface area contributed by atoms with Gasteiger partial charge in [-0.2, -0.15) is 0 Å². The van der Waals surface area contributed by atoms with Gasteiger partial charge in [-0.1, -0.05) is 11.6 Å². The zero-order chi connectivity index (χ0) is 22.2. The highest BCUT2D eigenvalue weighted by molar-refractivity contribution is 6.09. The summed E-state index contributed by atoms with van der Waals surface area (Å²) in [6.45, 7) is 4.70. The molecule has 1 amide bonds. The van der Waals surface area contributed by atoms with Crippen LogP contribution in [0.1, 0.15) is 60.1 Å². The lowest BCUT2D eigenvalue weighted by atomic mass is 9.91. The molecule has 2 aliphatic carbocycles. The number of ether oxygens (including phenoxy) is 1. The number of hydrogen-bond donors (Lipinski definition) is 3. The molecule has 2 aliphatic rings. The Balaban J connectivity index is 0.00000259. The third-order valence-corrected chi connectivity index (χ3v) is 6.67. The van der Waals surface area contributed by atoms with E-state index in [1.807, 2.05) is 13.0 Å². The molecule has 7 nitrogen and oxygen atoms in total. The number of rotatable bonds is 6. The van der Waals surface area contributed by atoms with E-state index in [4.69, 9.17) is 10.5 Å². The first-order valence-electron chi connectivity index (χ1n) is 11.6. The van der Waals surface area contributed by atoms with E-state index in [-0.39, 0.29) is 30.4 Å². The Hall–Kier alpha value is -2.64. The summed E-state index contributed by atoms with van der Waals surface area (Å²) in [4.78, 5) is 25.7. The second-order valence-corrected chi connectivity index (χ2v) is 9.41. The molecule has 2 heterocycles. The fourth-order valence-electron chi connectivity index (χ4n) is 4.57. The van der Waals surface area contributed by atoms with Gasteiger partial charge in [-0.3, -0.25) is 4.79 Å². The highest BCUT2D eigenvalue weighted by atomic mass is 35.5. The van der Waals surface area contributed by atoms with Crippen LogP contribution in [-0.4, -0.2) is 39.5 Å². The average molecular weight is 470 g/mol. The van der Waals surface area contributed by atoms with Gasteiger partial charge in [0.05, 0.1) is 17.7 Å². The minimum absolute atomic E-state index is 0. The van der Waals surface area contributed by atoms with Crippen LogP contribution < -0.4 is 15.8 Å². The highest BCUT2D eigenvalue weighted by Gasteiger charge is 2.26. The maximum Gasteiger partial charge on any atom is 0.255 e. The predicted molar refractivity (Wildman–Crippen MR) is 132 cm³/mol. The maximum absolute atomic E-state index is 13.2. The number of fused-ring (bicyclic) bond motifs is 1. The van der Waals surface area contributed by atoms with Crippen LogP contribution >= 0.6 is 12.4 Å². The Morgan fingerprint density at radius 1 is 1.15 bits per heavy atom. The van der Waals surface area contributed by atoms with Gasteiger partial charge >= 0.3 is 0 Å². The Bertz CT molecular complexity index is 1150. The molecule has 176 valence electrons. The zero-order valence-electron chi connectivity index (χ0n) is 19.2. The van der Waals surface area contributed by atoms with Gasteiger partial charge in [0, 0.05) is 23.3 Å². The molecule has 0 bridgehead atoms. The van der Waals surface area contributed by atoms with Gasteiger partial charge in [0.1, 0.15) is 23.3 Å². The summed E-state index contributed by atoms with van der Waals surface area (Å²) >= 11 is 0. The lowest BCUT2D eigenvalue weighted by molar-refractivity contribution is 0.0927. The van der Waals surface area contributed by atoms with Gasteiger partial charge in [0.25, 0.3) is 5.91 Å². The van der Waals surface area contributed by atoms with Crippen LogP contribution in [-0.2, 0) is 0 Å². The van der Waals surface area contributed by atoms with Crippen LogP contribution in [0.2, 0.25) is 0 Å². The number of halogens is 1. The third kappa shape index (κ3) is 4.99. The molecule has 2 aromatic heterocycles. The summed E-state index contributed by atoms with van der Waals surface area (Å²) in [6.07, 6.45) is 7.73. The zero-order valence-corrected chi connectivity index (χ0v) is 20.0. The number of nitrogens with two attached hydrogens (primary N) is 1. The topological polar surface area (TPSA) is 106 Å². The van der Waals surface area contributed by atoms with Crippen molar-refractivity contribution in [3.05, 3.63) is 41.3 Å². The van der Waals surface area contributed by atoms with Crippen LogP contribution in [0.5, 0.6) is 5.75 Å². The number of amides is 1. The summed E-state index contributed by atoms with van der Waals surface area (Å²) in [7, 11) is 0. The molecule has 0 saturated heterocycles. The molecule has 8 heteroatoms. The first kappa shape index (κ1) is 23.5. The van der Waals surface area contributed by atoms with Crippen molar-refractivity contribution in [2.75, 3.05) is 6.61 Å². The van der Waals surface area contributed by atoms with Crippen LogP contribution in [0.15, 0.2) is 24.5 Å². The number of aromatic amines is 1. The summed E-state index contributed by atoms with van der Waals surface area (Å²) in [5.41, 5.74) is 11.6. The van der Waals surface area contributed by atoms with Crippen LogP contribution in [0.25, 0.3) is 22.3 Å². The van der Waals surface area contributed by atoms with Crippen molar-refractivity contribution >= 4 is 29.3 Å². The lowest BCUT2D eigenvalue weighted by Gasteiger charge is -2.26. The Morgan fingerprint density at radius 3 is 2.64 bits per heavy atom. The molecule has 5 rings (SSSR count).